The molecule has 100 valence electrons. The number of fused-ring (bicyclic) bond motifs is 1. The summed E-state index contributed by atoms with van der Waals surface area (Å²) in [5.74, 6) is -0.562. The van der Waals surface area contributed by atoms with Crippen LogP contribution >= 0.6 is 11.6 Å². The van der Waals surface area contributed by atoms with Crippen molar-refractivity contribution in [1.29, 1.82) is 0 Å². The molecule has 0 unspecified atom stereocenters. The van der Waals surface area contributed by atoms with E-state index >= 15 is 0 Å². The zero-order chi connectivity index (χ0) is 13.6. The maximum atomic E-state index is 13.8. The van der Waals surface area contributed by atoms with E-state index in [1.807, 2.05) is 6.92 Å². The Morgan fingerprint density at radius 2 is 1.89 bits per heavy atom. The monoisotopic (exact) mass is 282 g/mol. The van der Waals surface area contributed by atoms with E-state index in [2.05, 4.69) is 9.88 Å². The highest BCUT2D eigenvalue weighted by Crippen LogP contribution is 2.35. The zero-order valence-electron chi connectivity index (χ0n) is 10.5. The molecule has 19 heavy (non-hydrogen) atoms. The SMILES string of the molecule is Cc1c(N2CCCC2)nc2cc(F)cc(F)c2c1Cl. The molecule has 0 saturated carbocycles. The number of pyridine rings is 1. The van der Waals surface area contributed by atoms with Crippen LogP contribution in [0.3, 0.4) is 0 Å². The summed E-state index contributed by atoms with van der Waals surface area (Å²) >= 11 is 6.24. The Morgan fingerprint density at radius 1 is 1.21 bits per heavy atom. The van der Waals surface area contributed by atoms with Gasteiger partial charge < -0.3 is 4.90 Å². The Hall–Kier alpha value is -1.42. The van der Waals surface area contributed by atoms with Crippen molar-refractivity contribution in [3.63, 3.8) is 0 Å². The summed E-state index contributed by atoms with van der Waals surface area (Å²) in [5, 5.41) is 0.521. The van der Waals surface area contributed by atoms with Gasteiger partial charge in [0.1, 0.15) is 17.5 Å². The first-order valence-electron chi connectivity index (χ1n) is 6.27. The van der Waals surface area contributed by atoms with E-state index in [-0.39, 0.29) is 10.9 Å². The minimum absolute atomic E-state index is 0.198. The van der Waals surface area contributed by atoms with Crippen LogP contribution in [0.25, 0.3) is 10.9 Å². The number of anilines is 1. The Labute approximate surface area is 115 Å². The van der Waals surface area contributed by atoms with Crippen LogP contribution in [0.4, 0.5) is 14.6 Å². The Balaban J connectivity index is 2.28. The first-order chi connectivity index (χ1) is 9.08. The average Bonchev–Trinajstić information content (AvgIpc) is 2.86. The van der Waals surface area contributed by atoms with E-state index in [9.17, 15) is 8.78 Å². The summed E-state index contributed by atoms with van der Waals surface area (Å²) in [6, 6.07) is 2.06. The Kier molecular flexibility index (Phi) is 3.05. The molecule has 0 aliphatic carbocycles. The normalized spacial score (nSPS) is 15.5. The smallest absolute Gasteiger partial charge is 0.137 e. The lowest BCUT2D eigenvalue weighted by atomic mass is 10.1. The van der Waals surface area contributed by atoms with Gasteiger partial charge in [-0.3, -0.25) is 0 Å². The van der Waals surface area contributed by atoms with Crippen LogP contribution in [0.15, 0.2) is 12.1 Å². The van der Waals surface area contributed by atoms with Gasteiger partial charge in [-0.1, -0.05) is 11.6 Å². The summed E-state index contributed by atoms with van der Waals surface area (Å²) in [7, 11) is 0. The highest BCUT2D eigenvalue weighted by molar-refractivity contribution is 6.36. The molecule has 1 aliphatic rings. The van der Waals surface area contributed by atoms with E-state index in [0.29, 0.717) is 5.02 Å². The summed E-state index contributed by atoms with van der Waals surface area (Å²) in [5.41, 5.74) is 1.02. The van der Waals surface area contributed by atoms with Crippen LogP contribution in [0.5, 0.6) is 0 Å². The van der Waals surface area contributed by atoms with Gasteiger partial charge in [-0.05, 0) is 19.8 Å². The average molecular weight is 283 g/mol. The van der Waals surface area contributed by atoms with Crippen LogP contribution in [0.1, 0.15) is 18.4 Å². The molecular weight excluding hydrogens is 270 g/mol. The lowest BCUT2D eigenvalue weighted by Crippen LogP contribution is -2.20. The van der Waals surface area contributed by atoms with Gasteiger partial charge in [0.25, 0.3) is 0 Å². The molecule has 0 bridgehead atoms. The quantitative estimate of drug-likeness (QED) is 0.784. The number of rotatable bonds is 1. The summed E-state index contributed by atoms with van der Waals surface area (Å²) < 4.78 is 27.1. The predicted molar refractivity (Wildman–Crippen MR) is 72.9 cm³/mol. The van der Waals surface area contributed by atoms with Crippen molar-refractivity contribution in [2.75, 3.05) is 18.0 Å². The van der Waals surface area contributed by atoms with Crippen molar-refractivity contribution in [2.24, 2.45) is 0 Å². The largest absolute Gasteiger partial charge is 0.356 e. The highest BCUT2D eigenvalue weighted by Gasteiger charge is 2.20. The van der Waals surface area contributed by atoms with E-state index in [0.717, 1.165) is 43.4 Å². The standard InChI is InChI=1S/C14H13ClF2N2/c1-8-13(15)12-10(17)6-9(16)7-11(12)18-14(8)19-4-2-3-5-19/h6-7H,2-5H2,1H3. The number of aromatic nitrogens is 1. The van der Waals surface area contributed by atoms with Crippen molar-refractivity contribution in [2.45, 2.75) is 19.8 Å². The second-order valence-corrected chi connectivity index (χ2v) is 5.23. The molecule has 2 heterocycles. The first kappa shape index (κ1) is 12.6. The number of halogens is 3. The van der Waals surface area contributed by atoms with Crippen LogP contribution in [-0.4, -0.2) is 18.1 Å². The van der Waals surface area contributed by atoms with E-state index in [1.165, 1.54) is 6.07 Å². The highest BCUT2D eigenvalue weighted by atomic mass is 35.5. The molecule has 1 aromatic heterocycles. The second kappa shape index (κ2) is 4.60. The van der Waals surface area contributed by atoms with Crippen molar-refractivity contribution in [1.82, 2.24) is 4.98 Å². The molecule has 2 nitrogen and oxygen atoms in total. The third-order valence-electron chi connectivity index (χ3n) is 3.55. The molecule has 1 fully saturated rings. The minimum Gasteiger partial charge on any atom is -0.356 e. The molecule has 1 aliphatic heterocycles. The molecule has 2 aromatic rings. The maximum absolute atomic E-state index is 13.8. The molecule has 0 radical (unpaired) electrons. The van der Waals surface area contributed by atoms with Gasteiger partial charge in [0, 0.05) is 30.8 Å². The third-order valence-corrected chi connectivity index (χ3v) is 4.02. The number of nitrogens with zero attached hydrogens (tertiary/aromatic N) is 2. The predicted octanol–water partition coefficient (Wildman–Crippen LogP) is 4.08. The summed E-state index contributed by atoms with van der Waals surface area (Å²) in [6.07, 6.45) is 2.21. The van der Waals surface area contributed by atoms with E-state index < -0.39 is 11.6 Å². The fraction of sp³-hybridized carbons (Fsp3) is 0.357. The summed E-state index contributed by atoms with van der Waals surface area (Å²) in [4.78, 5) is 6.52. The van der Waals surface area contributed by atoms with Crippen molar-refractivity contribution < 1.29 is 8.78 Å². The zero-order valence-corrected chi connectivity index (χ0v) is 11.3. The lowest BCUT2D eigenvalue weighted by molar-refractivity contribution is 0.591. The van der Waals surface area contributed by atoms with Gasteiger partial charge in [-0.25, -0.2) is 13.8 Å². The molecule has 1 aromatic carbocycles. The molecule has 0 amide bonds. The van der Waals surface area contributed by atoms with Crippen LogP contribution < -0.4 is 4.90 Å². The summed E-state index contributed by atoms with van der Waals surface area (Å²) in [6.45, 7) is 3.65. The van der Waals surface area contributed by atoms with E-state index in [4.69, 9.17) is 11.6 Å². The Morgan fingerprint density at radius 3 is 2.58 bits per heavy atom. The van der Waals surface area contributed by atoms with Gasteiger partial charge >= 0.3 is 0 Å². The molecule has 0 atom stereocenters. The number of hydrogen-bond donors (Lipinski definition) is 0. The maximum Gasteiger partial charge on any atom is 0.137 e. The van der Waals surface area contributed by atoms with Crippen LogP contribution in [0.2, 0.25) is 5.02 Å². The molecular formula is C14H13ClF2N2. The second-order valence-electron chi connectivity index (χ2n) is 4.85. The number of benzene rings is 1. The molecule has 0 spiro atoms. The fourth-order valence-corrected chi connectivity index (χ4v) is 2.86. The van der Waals surface area contributed by atoms with Gasteiger partial charge in [-0.15, -0.1) is 0 Å². The van der Waals surface area contributed by atoms with Gasteiger partial charge in [0.15, 0.2) is 0 Å². The van der Waals surface area contributed by atoms with Gasteiger partial charge in [0.2, 0.25) is 0 Å². The Bertz CT molecular complexity index is 652. The fourth-order valence-electron chi connectivity index (χ4n) is 2.59. The van der Waals surface area contributed by atoms with Crippen molar-refractivity contribution >= 4 is 28.3 Å². The lowest BCUT2D eigenvalue weighted by Gasteiger charge is -2.20. The van der Waals surface area contributed by atoms with E-state index in [1.54, 1.807) is 0 Å². The van der Waals surface area contributed by atoms with Crippen molar-refractivity contribution in [3.8, 4) is 0 Å². The van der Waals surface area contributed by atoms with Gasteiger partial charge in [0.05, 0.1) is 15.9 Å². The molecule has 3 rings (SSSR count). The van der Waals surface area contributed by atoms with Crippen LogP contribution in [-0.2, 0) is 0 Å². The molecule has 1 saturated heterocycles. The van der Waals surface area contributed by atoms with Gasteiger partial charge in [-0.2, -0.15) is 0 Å². The third kappa shape index (κ3) is 2.04. The first-order valence-corrected chi connectivity index (χ1v) is 6.65. The molecule has 5 heteroatoms. The van der Waals surface area contributed by atoms with Crippen LogP contribution in [0, 0.1) is 18.6 Å². The topological polar surface area (TPSA) is 16.1 Å². The molecule has 0 N–H and O–H groups in total. The minimum atomic E-state index is -0.663. The number of hydrogen-bond acceptors (Lipinski definition) is 2. The van der Waals surface area contributed by atoms with Crippen molar-refractivity contribution in [3.05, 3.63) is 34.4 Å².